The molecule has 7 aromatic carbocycles. The number of hydrogen-bond acceptors (Lipinski definition) is 12. The second-order valence-electron chi connectivity index (χ2n) is 18.3. The third kappa shape index (κ3) is 15.6. The first kappa shape index (κ1) is 52.9. The summed E-state index contributed by atoms with van der Waals surface area (Å²) >= 11 is 0. The van der Waals surface area contributed by atoms with Gasteiger partial charge in [-0.25, -0.2) is 9.78 Å². The minimum atomic E-state index is -1.14. The molecule has 0 bridgehead atoms. The molecule has 2 saturated heterocycles. The molecule has 12 heteroatoms. The summed E-state index contributed by atoms with van der Waals surface area (Å²) in [6, 6.07) is 69.9. The van der Waals surface area contributed by atoms with Crippen LogP contribution in [0, 0.1) is 0 Å². The molecule has 2 aliphatic heterocycles. The fourth-order valence-electron chi connectivity index (χ4n) is 9.07. The van der Waals surface area contributed by atoms with Crippen LogP contribution < -0.4 is 0 Å². The third-order valence-electron chi connectivity index (χ3n) is 12.9. The number of hydrogen-bond donors (Lipinski definition) is 0. The van der Waals surface area contributed by atoms with Crippen molar-refractivity contribution in [3.05, 3.63) is 251 Å². The van der Waals surface area contributed by atoms with E-state index in [-0.39, 0.29) is 46.2 Å². The van der Waals surface area contributed by atoms with Gasteiger partial charge < -0.3 is 47.4 Å². The maximum absolute atomic E-state index is 6.94. The first-order valence-corrected chi connectivity index (χ1v) is 25.3. The topological polar surface area (TPSA) is 111 Å². The van der Waals surface area contributed by atoms with Crippen LogP contribution in [0.1, 0.15) is 38.9 Å². The predicted octanol–water partition coefficient (Wildman–Crippen LogP) is 10.8. The molecule has 74 heavy (non-hydrogen) atoms. The molecule has 0 N–H and O–H groups in total. The Morgan fingerprint density at radius 1 is 0.297 bits per heavy atom. The van der Waals surface area contributed by atoms with Crippen molar-refractivity contribution in [2.24, 2.45) is 0 Å². The van der Waals surface area contributed by atoms with Gasteiger partial charge >= 0.3 is 0 Å². The van der Waals surface area contributed by atoms with Crippen LogP contribution in [0.5, 0.6) is 0 Å². The molecular formula is C62H66O12. The molecular weight excluding hydrogens is 937 g/mol. The van der Waals surface area contributed by atoms with E-state index in [0.29, 0.717) is 13.2 Å². The lowest BCUT2D eigenvalue weighted by atomic mass is 9.97. The van der Waals surface area contributed by atoms with Crippen molar-refractivity contribution >= 4 is 0 Å². The summed E-state index contributed by atoms with van der Waals surface area (Å²) < 4.78 is 67.2. The zero-order valence-electron chi connectivity index (χ0n) is 41.7. The van der Waals surface area contributed by atoms with Gasteiger partial charge in [0.15, 0.2) is 6.29 Å². The Labute approximate surface area is 434 Å². The van der Waals surface area contributed by atoms with E-state index < -0.39 is 61.4 Å². The van der Waals surface area contributed by atoms with Crippen LogP contribution in [0.15, 0.2) is 212 Å². The van der Waals surface area contributed by atoms with Gasteiger partial charge in [0.2, 0.25) is 6.29 Å². The molecule has 12 nitrogen and oxygen atoms in total. The molecule has 0 unspecified atom stereocenters. The molecule has 0 radical (unpaired) electrons. The number of rotatable bonds is 27. The van der Waals surface area contributed by atoms with Crippen LogP contribution >= 0.6 is 0 Å². The summed E-state index contributed by atoms with van der Waals surface area (Å²) in [6.45, 7) is 1.98. The van der Waals surface area contributed by atoms with Crippen molar-refractivity contribution in [1.29, 1.82) is 0 Å². The van der Waals surface area contributed by atoms with E-state index in [2.05, 4.69) is 0 Å². The van der Waals surface area contributed by atoms with Gasteiger partial charge in [-0.15, -0.1) is 0 Å². The van der Waals surface area contributed by atoms with Gasteiger partial charge in [-0.05, 0) is 38.9 Å². The van der Waals surface area contributed by atoms with Gasteiger partial charge in [0.1, 0.15) is 55.4 Å². The van der Waals surface area contributed by atoms with E-state index in [4.69, 9.17) is 57.1 Å². The van der Waals surface area contributed by atoms with Crippen molar-refractivity contribution < 1.29 is 57.1 Å². The first-order chi connectivity index (χ1) is 36.7. The van der Waals surface area contributed by atoms with Crippen molar-refractivity contribution in [3.8, 4) is 0 Å². The van der Waals surface area contributed by atoms with E-state index in [0.717, 1.165) is 38.9 Å². The second kappa shape index (κ2) is 28.7. The minimum Gasteiger partial charge on any atom is -0.374 e. The molecule has 7 aromatic rings. The fraction of sp³-hybridized carbons (Fsp3) is 0.323. The molecule has 2 fully saturated rings. The molecule has 9 rings (SSSR count). The van der Waals surface area contributed by atoms with Crippen molar-refractivity contribution in [2.75, 3.05) is 20.3 Å². The summed E-state index contributed by atoms with van der Waals surface area (Å²) in [5, 5.41) is 0. The van der Waals surface area contributed by atoms with Crippen LogP contribution in [0.4, 0.5) is 0 Å². The average Bonchev–Trinajstić information content (AvgIpc) is 3.46. The molecule has 2 heterocycles. The summed E-state index contributed by atoms with van der Waals surface area (Å²) in [5.74, 6) is 0. The van der Waals surface area contributed by atoms with Crippen LogP contribution in [0.3, 0.4) is 0 Å². The summed E-state index contributed by atoms with van der Waals surface area (Å²) in [5.41, 5.74) is 6.89. The van der Waals surface area contributed by atoms with Gasteiger partial charge in [-0.3, -0.25) is 0 Å². The highest BCUT2D eigenvalue weighted by Gasteiger charge is 2.52. The van der Waals surface area contributed by atoms with E-state index in [9.17, 15) is 0 Å². The van der Waals surface area contributed by atoms with Crippen molar-refractivity contribution in [2.45, 2.75) is 108 Å². The van der Waals surface area contributed by atoms with Gasteiger partial charge in [0.25, 0.3) is 0 Å². The SMILES string of the molecule is CO[C@H]1O[C@H](COO[C@H]2O[C@H](COCc3ccccc3)[C@@H](OCc3ccccc3)[C@H](OCc3ccccc3)[C@@H]2OCc2ccccc2)[C@@H](OCc2ccccc2)[C@H](OCc2ccccc2)[C@H]1OCc1ccccc1. The Bertz CT molecular complexity index is 2580. The standard InChI is InChI=1S/C62H66O12/c1-63-61-59(69-42-51-33-19-7-20-34-51)57(67-40-49-29-15-5-16-30-49)56(66-39-48-27-13-4-14-28-48)54(72-61)45-71-74-62-60(70-43-52-35-21-8-22-36-52)58(68-41-50-31-17-6-18-32-50)55(65-38-47-25-11-3-12-26-47)53(73-62)44-64-37-46-23-9-2-10-24-46/h2-36,53-62H,37-45H2,1H3/t53-,54-,55-,56-,57+,58+,59-,60+,61+,62-/m1/s1. The minimum absolute atomic E-state index is 0.125. The normalized spacial score (nSPS) is 23.9. The van der Waals surface area contributed by atoms with E-state index in [1.165, 1.54) is 0 Å². The highest BCUT2D eigenvalue weighted by atomic mass is 17.2. The summed E-state index contributed by atoms with van der Waals surface area (Å²) in [4.78, 5) is 12.8. The molecule has 2 aliphatic rings. The zero-order chi connectivity index (χ0) is 50.4. The van der Waals surface area contributed by atoms with E-state index in [1.807, 2.05) is 212 Å². The molecule has 386 valence electrons. The zero-order valence-corrected chi connectivity index (χ0v) is 41.7. The molecule has 0 aliphatic carbocycles. The van der Waals surface area contributed by atoms with Crippen molar-refractivity contribution in [3.63, 3.8) is 0 Å². The largest absolute Gasteiger partial charge is 0.374 e. The molecule has 0 saturated carbocycles. The lowest BCUT2D eigenvalue weighted by Crippen LogP contribution is -2.62. The van der Waals surface area contributed by atoms with Crippen LogP contribution in [-0.4, -0.2) is 81.7 Å². The molecule has 10 atom stereocenters. The monoisotopic (exact) mass is 1000 g/mol. The highest BCUT2D eigenvalue weighted by molar-refractivity contribution is 5.19. The predicted molar refractivity (Wildman–Crippen MR) is 278 cm³/mol. The Morgan fingerprint density at radius 2 is 0.568 bits per heavy atom. The van der Waals surface area contributed by atoms with Gasteiger partial charge in [0, 0.05) is 7.11 Å². The van der Waals surface area contributed by atoms with Gasteiger partial charge in [-0.2, -0.15) is 0 Å². The molecule has 0 spiro atoms. The van der Waals surface area contributed by atoms with Gasteiger partial charge in [0.05, 0.1) is 52.9 Å². The Morgan fingerprint density at radius 3 is 0.905 bits per heavy atom. The lowest BCUT2D eigenvalue weighted by Gasteiger charge is -2.46. The number of methoxy groups -OCH3 is 1. The maximum atomic E-state index is 6.94. The number of ether oxygens (including phenoxy) is 10. The van der Waals surface area contributed by atoms with E-state index >= 15 is 0 Å². The fourth-order valence-corrected chi connectivity index (χ4v) is 9.07. The molecule has 0 aromatic heterocycles. The average molecular weight is 1000 g/mol. The maximum Gasteiger partial charge on any atom is 0.220 e. The summed E-state index contributed by atoms with van der Waals surface area (Å²) in [7, 11) is 1.59. The highest BCUT2D eigenvalue weighted by Crippen LogP contribution is 2.34. The smallest absolute Gasteiger partial charge is 0.220 e. The Balaban J connectivity index is 1.01. The third-order valence-corrected chi connectivity index (χ3v) is 12.9. The first-order valence-electron chi connectivity index (χ1n) is 25.3. The number of benzene rings is 7. The van der Waals surface area contributed by atoms with Gasteiger partial charge in [-0.1, -0.05) is 212 Å². The van der Waals surface area contributed by atoms with Crippen LogP contribution in [-0.2, 0) is 103 Å². The second-order valence-corrected chi connectivity index (χ2v) is 18.3. The Kier molecular flexibility index (Phi) is 20.5. The van der Waals surface area contributed by atoms with Crippen LogP contribution in [0.25, 0.3) is 0 Å². The molecule has 0 amide bonds. The van der Waals surface area contributed by atoms with Crippen molar-refractivity contribution in [1.82, 2.24) is 0 Å². The summed E-state index contributed by atoms with van der Waals surface area (Å²) in [6.07, 6.45) is -7.90. The quantitative estimate of drug-likeness (QED) is 0.0361. The van der Waals surface area contributed by atoms with Crippen LogP contribution in [0.2, 0.25) is 0 Å². The Hall–Kier alpha value is -5.94. The lowest BCUT2D eigenvalue weighted by molar-refractivity contribution is -0.443. The van der Waals surface area contributed by atoms with E-state index in [1.54, 1.807) is 7.11 Å².